The van der Waals surface area contributed by atoms with Gasteiger partial charge in [0.25, 0.3) is 0 Å². The van der Waals surface area contributed by atoms with Gasteiger partial charge >= 0.3 is 0 Å². The predicted octanol–water partition coefficient (Wildman–Crippen LogP) is 2.53. The lowest BCUT2D eigenvalue weighted by Gasteiger charge is -2.27. The van der Waals surface area contributed by atoms with Gasteiger partial charge in [0, 0.05) is 16.4 Å². The van der Waals surface area contributed by atoms with Crippen molar-refractivity contribution in [3.63, 3.8) is 0 Å². The third-order valence-corrected chi connectivity index (χ3v) is 4.67. The molecule has 5 heteroatoms. The van der Waals surface area contributed by atoms with E-state index in [1.165, 1.54) is 0 Å². The highest BCUT2D eigenvalue weighted by Gasteiger charge is 2.25. The topological polar surface area (TPSA) is 35.2 Å². The van der Waals surface area contributed by atoms with Crippen molar-refractivity contribution in [2.75, 3.05) is 18.1 Å². The van der Waals surface area contributed by atoms with E-state index in [0.29, 0.717) is 0 Å². The maximum absolute atomic E-state index is 6.10. The summed E-state index contributed by atoms with van der Waals surface area (Å²) in [5, 5.41) is 2.73. The summed E-state index contributed by atoms with van der Waals surface area (Å²) < 4.78 is 5.62. The van der Waals surface area contributed by atoms with E-state index in [4.69, 9.17) is 22.1 Å². The van der Waals surface area contributed by atoms with E-state index in [1.807, 2.05) is 23.2 Å². The van der Waals surface area contributed by atoms with Gasteiger partial charge in [-0.3, -0.25) is 0 Å². The maximum atomic E-state index is 6.10. The van der Waals surface area contributed by atoms with Crippen molar-refractivity contribution in [2.24, 2.45) is 5.73 Å². The number of thiophene rings is 1. The van der Waals surface area contributed by atoms with Crippen LogP contribution in [-0.4, -0.2) is 24.2 Å². The second-order valence-corrected chi connectivity index (χ2v) is 5.65. The van der Waals surface area contributed by atoms with Crippen LogP contribution in [0.3, 0.4) is 0 Å². The number of rotatable bonds is 2. The highest BCUT2D eigenvalue weighted by atomic mass is 35.5. The van der Waals surface area contributed by atoms with Gasteiger partial charge < -0.3 is 10.5 Å². The minimum absolute atomic E-state index is 0.0738. The lowest BCUT2D eigenvalue weighted by atomic mass is 10.1. The van der Waals surface area contributed by atoms with Crippen LogP contribution in [0.1, 0.15) is 10.9 Å². The molecule has 2 nitrogen and oxygen atoms in total. The number of halogens is 1. The third-order valence-electron chi connectivity index (χ3n) is 2.19. The van der Waals surface area contributed by atoms with Crippen LogP contribution in [0.5, 0.6) is 0 Å². The molecule has 2 N–H and O–H groups in total. The molecular formula is C9H12ClNOS2. The summed E-state index contributed by atoms with van der Waals surface area (Å²) in [5.41, 5.74) is 6.10. The average Bonchev–Trinajstić information content (AvgIpc) is 2.65. The largest absolute Gasteiger partial charge is 0.374 e. The molecule has 0 amide bonds. The van der Waals surface area contributed by atoms with Crippen LogP contribution in [0, 0.1) is 0 Å². The third kappa shape index (κ3) is 2.25. The maximum Gasteiger partial charge on any atom is 0.0866 e. The molecule has 1 saturated heterocycles. The summed E-state index contributed by atoms with van der Waals surface area (Å²) in [6.45, 7) is 0.798. The first-order chi connectivity index (χ1) is 6.79. The van der Waals surface area contributed by atoms with Crippen molar-refractivity contribution >= 4 is 34.7 Å². The molecule has 2 heterocycles. The van der Waals surface area contributed by atoms with Crippen LogP contribution < -0.4 is 5.73 Å². The number of ether oxygens (including phenoxy) is 1. The minimum atomic E-state index is -0.0738. The van der Waals surface area contributed by atoms with Crippen LogP contribution in [0.15, 0.2) is 11.4 Å². The Morgan fingerprint density at radius 1 is 1.64 bits per heavy atom. The van der Waals surface area contributed by atoms with Crippen molar-refractivity contribution in [2.45, 2.75) is 12.1 Å². The fourth-order valence-corrected chi connectivity index (χ4v) is 3.58. The van der Waals surface area contributed by atoms with Crippen LogP contribution in [0.25, 0.3) is 0 Å². The van der Waals surface area contributed by atoms with Crippen LogP contribution in [0.4, 0.5) is 0 Å². The van der Waals surface area contributed by atoms with E-state index in [1.54, 1.807) is 11.3 Å². The van der Waals surface area contributed by atoms with Crippen LogP contribution in [0.2, 0.25) is 5.02 Å². The average molecular weight is 250 g/mol. The molecule has 0 bridgehead atoms. The fourth-order valence-electron chi connectivity index (χ4n) is 1.43. The second-order valence-electron chi connectivity index (χ2n) is 3.14. The first-order valence-corrected chi connectivity index (χ1v) is 6.88. The van der Waals surface area contributed by atoms with Gasteiger partial charge in [-0.15, -0.1) is 11.3 Å². The monoisotopic (exact) mass is 249 g/mol. The molecule has 0 saturated carbocycles. The molecule has 1 aliphatic heterocycles. The molecule has 1 aromatic rings. The van der Waals surface area contributed by atoms with E-state index in [-0.39, 0.29) is 12.1 Å². The van der Waals surface area contributed by atoms with E-state index in [9.17, 15) is 0 Å². The van der Waals surface area contributed by atoms with Gasteiger partial charge in [0.1, 0.15) is 0 Å². The van der Waals surface area contributed by atoms with Crippen LogP contribution in [-0.2, 0) is 4.74 Å². The van der Waals surface area contributed by atoms with Gasteiger partial charge in [0.15, 0.2) is 0 Å². The van der Waals surface area contributed by atoms with Crippen molar-refractivity contribution in [3.05, 3.63) is 21.3 Å². The Morgan fingerprint density at radius 3 is 3.07 bits per heavy atom. The lowest BCUT2D eigenvalue weighted by molar-refractivity contribution is 0.0577. The van der Waals surface area contributed by atoms with Gasteiger partial charge in [-0.05, 0) is 11.4 Å². The number of thioether (sulfide) groups is 1. The number of hydrogen-bond acceptors (Lipinski definition) is 4. The van der Waals surface area contributed by atoms with E-state index < -0.39 is 0 Å². The fraction of sp³-hybridized carbons (Fsp3) is 0.556. The minimum Gasteiger partial charge on any atom is -0.374 e. The Labute approximate surface area is 96.8 Å². The van der Waals surface area contributed by atoms with Gasteiger partial charge in [-0.25, -0.2) is 0 Å². The molecule has 1 aliphatic rings. The van der Waals surface area contributed by atoms with Crippen molar-refractivity contribution in [3.8, 4) is 0 Å². The van der Waals surface area contributed by atoms with E-state index in [0.717, 1.165) is 28.0 Å². The Bertz CT molecular complexity index is 299. The Kier molecular flexibility index (Phi) is 3.73. The lowest BCUT2D eigenvalue weighted by Crippen LogP contribution is -2.34. The Morgan fingerprint density at radius 2 is 2.50 bits per heavy atom. The zero-order valence-corrected chi connectivity index (χ0v) is 10.00. The smallest absolute Gasteiger partial charge is 0.0866 e. The van der Waals surface area contributed by atoms with Crippen LogP contribution >= 0.6 is 34.7 Å². The molecule has 0 aromatic carbocycles. The van der Waals surface area contributed by atoms with Gasteiger partial charge in [0.2, 0.25) is 0 Å². The van der Waals surface area contributed by atoms with E-state index >= 15 is 0 Å². The summed E-state index contributed by atoms with van der Waals surface area (Å²) in [6, 6.07) is 1.81. The molecule has 2 atom stereocenters. The van der Waals surface area contributed by atoms with Gasteiger partial charge in [0.05, 0.1) is 23.8 Å². The number of nitrogens with two attached hydrogens (primary N) is 1. The predicted molar refractivity (Wildman–Crippen MR) is 63.3 cm³/mol. The normalized spacial score (nSPS) is 24.9. The van der Waals surface area contributed by atoms with Crippen molar-refractivity contribution in [1.82, 2.24) is 0 Å². The summed E-state index contributed by atoms with van der Waals surface area (Å²) in [6.07, 6.45) is 0.116. The highest BCUT2D eigenvalue weighted by molar-refractivity contribution is 7.99. The molecule has 0 spiro atoms. The van der Waals surface area contributed by atoms with E-state index in [2.05, 4.69) is 0 Å². The summed E-state index contributed by atoms with van der Waals surface area (Å²) in [7, 11) is 0. The van der Waals surface area contributed by atoms with Gasteiger partial charge in [-0.2, -0.15) is 11.8 Å². The molecule has 2 rings (SSSR count). The zero-order chi connectivity index (χ0) is 9.97. The summed E-state index contributed by atoms with van der Waals surface area (Å²) in [5.74, 6) is 2.04. The molecule has 1 fully saturated rings. The SMILES string of the molecule is NC(c1sccc1Cl)C1CSCCO1. The molecule has 1 aromatic heterocycles. The molecular weight excluding hydrogens is 238 g/mol. The quantitative estimate of drug-likeness (QED) is 0.875. The zero-order valence-electron chi connectivity index (χ0n) is 7.61. The molecule has 14 heavy (non-hydrogen) atoms. The summed E-state index contributed by atoms with van der Waals surface area (Å²) >= 11 is 9.52. The summed E-state index contributed by atoms with van der Waals surface area (Å²) in [4.78, 5) is 1.04. The second kappa shape index (κ2) is 4.86. The molecule has 2 unspecified atom stereocenters. The van der Waals surface area contributed by atoms with Gasteiger partial charge in [-0.1, -0.05) is 11.6 Å². The molecule has 0 radical (unpaired) electrons. The Hall–Kier alpha value is 0.260. The first-order valence-electron chi connectivity index (χ1n) is 4.47. The highest BCUT2D eigenvalue weighted by Crippen LogP contribution is 2.32. The molecule has 0 aliphatic carbocycles. The standard InChI is InChI=1S/C9H12ClNOS2/c10-6-1-3-14-9(6)8(11)7-5-13-4-2-12-7/h1,3,7-8H,2,4-5,11H2. The Balaban J connectivity index is 2.07. The molecule has 78 valence electrons. The first kappa shape index (κ1) is 10.8. The number of hydrogen-bond donors (Lipinski definition) is 1. The van der Waals surface area contributed by atoms with Crippen molar-refractivity contribution < 1.29 is 4.74 Å². The van der Waals surface area contributed by atoms with Crippen molar-refractivity contribution in [1.29, 1.82) is 0 Å².